The molecule has 1 saturated heterocycles. The van der Waals surface area contributed by atoms with Crippen molar-refractivity contribution in [1.29, 1.82) is 0 Å². The van der Waals surface area contributed by atoms with Gasteiger partial charge < -0.3 is 9.84 Å². The molecule has 0 radical (unpaired) electrons. The van der Waals surface area contributed by atoms with E-state index in [0.717, 1.165) is 11.8 Å². The normalized spacial score (nSPS) is 17.7. The van der Waals surface area contributed by atoms with Gasteiger partial charge in [0, 0.05) is 5.56 Å². The number of rotatable bonds is 4. The minimum absolute atomic E-state index is 0.277. The molecule has 0 aliphatic carbocycles. The third kappa shape index (κ3) is 3.25. The summed E-state index contributed by atoms with van der Waals surface area (Å²) >= 11 is 0.813. The maximum atomic E-state index is 11.5. The lowest BCUT2D eigenvalue weighted by atomic mass is 9.98. The van der Waals surface area contributed by atoms with E-state index in [0.29, 0.717) is 16.9 Å². The Balaban J connectivity index is 2.40. The van der Waals surface area contributed by atoms with Crippen molar-refractivity contribution < 1.29 is 24.2 Å². The van der Waals surface area contributed by atoms with Crippen molar-refractivity contribution >= 4 is 35.0 Å². The van der Waals surface area contributed by atoms with E-state index >= 15 is 0 Å². The van der Waals surface area contributed by atoms with Crippen LogP contribution in [0.2, 0.25) is 0 Å². The SMILES string of the molecule is COc1ccc(C=C2SC(=O)NC2=O)cc1C(C)C(=O)O. The minimum atomic E-state index is -0.971. The zero-order valence-electron chi connectivity index (χ0n) is 11.4. The van der Waals surface area contributed by atoms with E-state index in [9.17, 15) is 14.4 Å². The van der Waals surface area contributed by atoms with Crippen LogP contribution in [-0.4, -0.2) is 29.3 Å². The highest BCUT2D eigenvalue weighted by atomic mass is 32.2. The first-order valence-electron chi connectivity index (χ1n) is 6.08. The number of hydrogen-bond acceptors (Lipinski definition) is 5. The number of carbonyl (C=O) groups excluding carboxylic acids is 2. The predicted molar refractivity (Wildman–Crippen MR) is 78.2 cm³/mol. The third-order valence-electron chi connectivity index (χ3n) is 3.03. The second kappa shape index (κ2) is 6.01. The summed E-state index contributed by atoms with van der Waals surface area (Å²) in [4.78, 5) is 34.0. The predicted octanol–water partition coefficient (Wildman–Crippen LogP) is 2.21. The Morgan fingerprint density at radius 2 is 2.14 bits per heavy atom. The molecule has 0 saturated carbocycles. The summed E-state index contributed by atoms with van der Waals surface area (Å²) < 4.78 is 5.16. The number of benzene rings is 1. The van der Waals surface area contributed by atoms with Crippen LogP contribution in [0.5, 0.6) is 5.75 Å². The molecule has 0 aromatic heterocycles. The minimum Gasteiger partial charge on any atom is -0.496 e. The molecular formula is C14H13NO5S. The van der Waals surface area contributed by atoms with Crippen LogP contribution in [0.15, 0.2) is 23.1 Å². The molecule has 21 heavy (non-hydrogen) atoms. The highest BCUT2D eigenvalue weighted by Gasteiger charge is 2.25. The Hall–Kier alpha value is -2.28. The number of carboxylic acids is 1. The van der Waals surface area contributed by atoms with E-state index in [1.54, 1.807) is 31.2 Å². The summed E-state index contributed by atoms with van der Waals surface area (Å²) in [5.41, 5.74) is 1.14. The standard InChI is InChI=1S/C14H13NO5S/c1-7(13(17)18)9-5-8(3-4-10(9)20-2)6-11-12(16)15-14(19)21-11/h3-7H,1-2H3,(H,17,18)(H,15,16,19). The highest BCUT2D eigenvalue weighted by molar-refractivity contribution is 8.18. The molecule has 7 heteroatoms. The third-order valence-corrected chi connectivity index (χ3v) is 3.84. The molecule has 1 aromatic carbocycles. The molecule has 1 aliphatic heterocycles. The average Bonchev–Trinajstić information content (AvgIpc) is 2.75. The van der Waals surface area contributed by atoms with Gasteiger partial charge in [0.15, 0.2) is 0 Å². The lowest BCUT2D eigenvalue weighted by Crippen LogP contribution is -2.17. The lowest BCUT2D eigenvalue weighted by Gasteiger charge is -2.13. The van der Waals surface area contributed by atoms with Crippen molar-refractivity contribution in [2.24, 2.45) is 0 Å². The van der Waals surface area contributed by atoms with Crippen LogP contribution in [0, 0.1) is 0 Å². The van der Waals surface area contributed by atoms with Crippen LogP contribution in [-0.2, 0) is 9.59 Å². The van der Waals surface area contributed by atoms with Crippen LogP contribution in [0.1, 0.15) is 24.0 Å². The van der Waals surface area contributed by atoms with E-state index in [2.05, 4.69) is 5.32 Å². The van der Waals surface area contributed by atoms with Crippen molar-refractivity contribution in [2.45, 2.75) is 12.8 Å². The molecule has 110 valence electrons. The second-order valence-electron chi connectivity index (χ2n) is 4.41. The smallest absolute Gasteiger partial charge is 0.310 e. The number of carbonyl (C=O) groups is 3. The van der Waals surface area contributed by atoms with E-state index < -0.39 is 23.0 Å². The molecule has 2 rings (SSSR count). The molecule has 2 N–H and O–H groups in total. The number of methoxy groups -OCH3 is 1. The Morgan fingerprint density at radius 1 is 1.43 bits per heavy atom. The average molecular weight is 307 g/mol. The summed E-state index contributed by atoms with van der Waals surface area (Å²) in [5, 5.41) is 10.9. The summed E-state index contributed by atoms with van der Waals surface area (Å²) in [6.07, 6.45) is 1.54. The number of carboxylic acid groups (broad SMARTS) is 1. The molecule has 1 unspecified atom stereocenters. The van der Waals surface area contributed by atoms with Gasteiger partial charge in [0.05, 0.1) is 17.9 Å². The fourth-order valence-corrected chi connectivity index (χ4v) is 2.57. The summed E-state index contributed by atoms with van der Waals surface area (Å²) in [7, 11) is 1.46. The van der Waals surface area contributed by atoms with Gasteiger partial charge in [-0.1, -0.05) is 6.07 Å². The topological polar surface area (TPSA) is 92.7 Å². The van der Waals surface area contributed by atoms with Crippen molar-refractivity contribution in [1.82, 2.24) is 5.32 Å². The second-order valence-corrected chi connectivity index (χ2v) is 5.43. The number of nitrogens with one attached hydrogen (secondary N) is 1. The van der Waals surface area contributed by atoms with Crippen LogP contribution in [0.4, 0.5) is 4.79 Å². The Morgan fingerprint density at radius 3 is 2.67 bits per heavy atom. The molecular weight excluding hydrogens is 294 g/mol. The van der Waals surface area contributed by atoms with Crippen molar-refractivity contribution in [3.63, 3.8) is 0 Å². The fourth-order valence-electron chi connectivity index (χ4n) is 1.89. The van der Waals surface area contributed by atoms with Gasteiger partial charge in [-0.05, 0) is 42.5 Å². The van der Waals surface area contributed by atoms with Crippen molar-refractivity contribution in [3.8, 4) is 5.75 Å². The molecule has 1 heterocycles. The Kier molecular flexibility index (Phi) is 4.32. The largest absolute Gasteiger partial charge is 0.496 e. The van der Waals surface area contributed by atoms with Crippen LogP contribution < -0.4 is 10.1 Å². The first-order valence-corrected chi connectivity index (χ1v) is 6.89. The van der Waals surface area contributed by atoms with Gasteiger partial charge in [-0.2, -0.15) is 0 Å². The number of hydrogen-bond donors (Lipinski definition) is 2. The Bertz CT molecular complexity index is 653. The molecule has 0 bridgehead atoms. The molecule has 6 nitrogen and oxygen atoms in total. The maximum Gasteiger partial charge on any atom is 0.310 e. The molecule has 1 fully saturated rings. The quantitative estimate of drug-likeness (QED) is 0.828. The van der Waals surface area contributed by atoms with E-state index in [1.807, 2.05) is 0 Å². The van der Waals surface area contributed by atoms with Crippen molar-refractivity contribution in [3.05, 3.63) is 34.2 Å². The highest BCUT2D eigenvalue weighted by Crippen LogP contribution is 2.31. The van der Waals surface area contributed by atoms with Gasteiger partial charge in [0.2, 0.25) is 0 Å². The summed E-state index contributed by atoms with van der Waals surface area (Å²) in [6, 6.07) is 4.97. The molecule has 1 atom stereocenters. The van der Waals surface area contributed by atoms with Crippen LogP contribution >= 0.6 is 11.8 Å². The Labute approximate surface area is 125 Å². The van der Waals surface area contributed by atoms with E-state index in [-0.39, 0.29) is 4.91 Å². The molecule has 1 aliphatic rings. The fraction of sp³-hybridized carbons (Fsp3) is 0.214. The van der Waals surface area contributed by atoms with Crippen LogP contribution in [0.3, 0.4) is 0 Å². The van der Waals surface area contributed by atoms with E-state index in [4.69, 9.17) is 9.84 Å². The first-order chi connectivity index (χ1) is 9.92. The van der Waals surface area contributed by atoms with Gasteiger partial charge in [-0.3, -0.25) is 19.7 Å². The lowest BCUT2D eigenvalue weighted by molar-refractivity contribution is -0.138. The zero-order chi connectivity index (χ0) is 15.6. The molecule has 0 spiro atoms. The van der Waals surface area contributed by atoms with Gasteiger partial charge >= 0.3 is 5.97 Å². The number of ether oxygens (including phenoxy) is 1. The van der Waals surface area contributed by atoms with E-state index in [1.165, 1.54) is 7.11 Å². The summed E-state index contributed by atoms with van der Waals surface area (Å²) in [5.74, 6) is -1.70. The van der Waals surface area contributed by atoms with Crippen molar-refractivity contribution in [2.75, 3.05) is 7.11 Å². The zero-order valence-corrected chi connectivity index (χ0v) is 12.2. The molecule has 2 amide bonds. The number of thioether (sulfide) groups is 1. The van der Waals surface area contributed by atoms with Gasteiger partial charge in [0.1, 0.15) is 5.75 Å². The molecule has 1 aromatic rings. The number of imide groups is 1. The summed E-state index contributed by atoms with van der Waals surface area (Å²) in [6.45, 7) is 1.55. The number of aliphatic carboxylic acids is 1. The van der Waals surface area contributed by atoms with Gasteiger partial charge in [-0.15, -0.1) is 0 Å². The number of amides is 2. The maximum absolute atomic E-state index is 11.5. The van der Waals surface area contributed by atoms with Gasteiger partial charge in [0.25, 0.3) is 11.1 Å². The van der Waals surface area contributed by atoms with Crippen LogP contribution in [0.25, 0.3) is 6.08 Å². The first kappa shape index (κ1) is 15.1. The monoisotopic (exact) mass is 307 g/mol. The van der Waals surface area contributed by atoms with Gasteiger partial charge in [-0.25, -0.2) is 0 Å².